The highest BCUT2D eigenvalue weighted by Gasteiger charge is 2.38. The first-order chi connectivity index (χ1) is 25.5. The van der Waals surface area contributed by atoms with Crippen LogP contribution in [0.15, 0.2) is 94.4 Å². The van der Waals surface area contributed by atoms with Crippen LogP contribution in [0.2, 0.25) is 18.1 Å². The van der Waals surface area contributed by atoms with Crippen LogP contribution in [0, 0.1) is 0 Å². The van der Waals surface area contributed by atoms with E-state index in [9.17, 15) is 9.59 Å². The normalized spacial score (nSPS) is 12.2. The molecule has 0 unspecified atom stereocenters. The average molecular weight is 893 g/mol. The molecule has 0 fully saturated rings. The summed E-state index contributed by atoms with van der Waals surface area (Å²) in [5.41, 5.74) is 1.31. The number of H-pyrrole nitrogens is 1. The molecule has 0 radical (unpaired) electrons. The molecule has 10 nitrogen and oxygen atoms in total. The van der Waals surface area contributed by atoms with Gasteiger partial charge in [0.15, 0.2) is 8.24 Å². The van der Waals surface area contributed by atoms with Gasteiger partial charge in [0.25, 0.3) is 0 Å². The lowest BCUT2D eigenvalue weighted by Crippen LogP contribution is -2.45. The van der Waals surface area contributed by atoms with E-state index in [0.717, 1.165) is 31.0 Å². The van der Waals surface area contributed by atoms with Crippen molar-refractivity contribution in [1.29, 1.82) is 0 Å². The van der Waals surface area contributed by atoms with E-state index in [1.807, 2.05) is 65.9 Å². The standard InChI is InChI=1S/C24H31BrN2O3Si.C18H17BrN2O3/c1-23(2,3)30-22(28)19-10-9-17(25)14-20(19)29-18-13-16-11-12-27(21(16)26-15-18)31(7,8)24(4,5)6;1-18(2,3)24-17(22)14-5-4-12(19)9-15(14)23-13-8-11-6-7-20-16(11)21-10-13/h9-15H,1-8H3;4-10H,1-3H3,(H,20,21). The van der Waals surface area contributed by atoms with Gasteiger partial charge in [-0.1, -0.05) is 65.7 Å². The second kappa shape index (κ2) is 16.0. The number of benzene rings is 2. The Bertz CT molecular complexity index is 2350. The molecule has 6 rings (SSSR count). The molecule has 0 saturated carbocycles. The Hall–Kier alpha value is -4.46. The van der Waals surface area contributed by atoms with Crippen LogP contribution in [0.4, 0.5) is 0 Å². The third-order valence-electron chi connectivity index (χ3n) is 8.89. The van der Waals surface area contributed by atoms with Crippen molar-refractivity contribution in [3.63, 3.8) is 0 Å². The summed E-state index contributed by atoms with van der Waals surface area (Å²) in [5.74, 6) is 1.10. The van der Waals surface area contributed by atoms with Crippen LogP contribution in [0.1, 0.15) is 83.0 Å². The van der Waals surface area contributed by atoms with Gasteiger partial charge in [0.2, 0.25) is 0 Å². The fraction of sp³-hybridized carbons (Fsp3) is 0.333. The molecular formula is C42H48Br2N4O6Si. The number of aromatic amines is 1. The van der Waals surface area contributed by atoms with E-state index in [4.69, 9.17) is 23.9 Å². The predicted molar refractivity (Wildman–Crippen MR) is 227 cm³/mol. The number of carbonyl (C=O) groups excluding carboxylic acids is 2. The molecule has 55 heavy (non-hydrogen) atoms. The van der Waals surface area contributed by atoms with Gasteiger partial charge in [-0.2, -0.15) is 0 Å². The predicted octanol–water partition coefficient (Wildman–Crippen LogP) is 12.5. The van der Waals surface area contributed by atoms with Gasteiger partial charge >= 0.3 is 11.9 Å². The fourth-order valence-electron chi connectivity index (χ4n) is 5.27. The molecule has 4 heterocycles. The summed E-state index contributed by atoms with van der Waals surface area (Å²) in [6.45, 7) is 22.6. The number of ether oxygens (including phenoxy) is 4. The molecule has 6 aromatic rings. The van der Waals surface area contributed by atoms with E-state index in [-0.39, 0.29) is 5.04 Å². The molecule has 0 aliphatic carbocycles. The summed E-state index contributed by atoms with van der Waals surface area (Å²) >= 11 is 6.86. The van der Waals surface area contributed by atoms with Crippen molar-refractivity contribution in [2.75, 3.05) is 0 Å². The van der Waals surface area contributed by atoms with E-state index >= 15 is 0 Å². The van der Waals surface area contributed by atoms with Gasteiger partial charge in [0.05, 0.1) is 12.4 Å². The molecule has 290 valence electrons. The Morgan fingerprint density at radius 2 is 1.16 bits per heavy atom. The van der Waals surface area contributed by atoms with Crippen LogP contribution in [0.3, 0.4) is 0 Å². The maximum Gasteiger partial charge on any atom is 0.342 e. The first-order valence-corrected chi connectivity index (χ1v) is 22.4. The van der Waals surface area contributed by atoms with Crippen LogP contribution < -0.4 is 9.47 Å². The Morgan fingerprint density at radius 1 is 0.673 bits per heavy atom. The zero-order valence-corrected chi connectivity index (χ0v) is 37.3. The summed E-state index contributed by atoms with van der Waals surface area (Å²) in [4.78, 5) is 37.1. The molecule has 0 saturated heterocycles. The summed E-state index contributed by atoms with van der Waals surface area (Å²) in [5, 5.41) is 2.13. The van der Waals surface area contributed by atoms with Crippen LogP contribution in [-0.4, -0.2) is 50.6 Å². The Labute approximate surface area is 340 Å². The van der Waals surface area contributed by atoms with Crippen LogP contribution in [0.25, 0.3) is 22.1 Å². The summed E-state index contributed by atoms with van der Waals surface area (Å²) in [6.07, 6.45) is 7.27. The zero-order valence-electron chi connectivity index (χ0n) is 33.1. The van der Waals surface area contributed by atoms with Crippen molar-refractivity contribution >= 4 is 74.1 Å². The van der Waals surface area contributed by atoms with E-state index < -0.39 is 31.4 Å². The molecule has 0 spiro atoms. The van der Waals surface area contributed by atoms with Crippen molar-refractivity contribution < 1.29 is 28.5 Å². The van der Waals surface area contributed by atoms with Gasteiger partial charge in [-0.25, -0.2) is 19.6 Å². The lowest BCUT2D eigenvalue weighted by molar-refractivity contribution is 0.00542. The lowest BCUT2D eigenvalue weighted by atomic mass is 10.1. The number of fused-ring (bicyclic) bond motifs is 2. The first kappa shape index (κ1) is 41.7. The van der Waals surface area contributed by atoms with E-state index in [1.54, 1.807) is 48.8 Å². The lowest BCUT2D eigenvalue weighted by Gasteiger charge is -2.38. The molecule has 0 bridgehead atoms. The van der Waals surface area contributed by atoms with Gasteiger partial charge < -0.3 is 28.2 Å². The van der Waals surface area contributed by atoms with Crippen molar-refractivity contribution in [1.82, 2.24) is 19.2 Å². The van der Waals surface area contributed by atoms with Gasteiger partial charge in [-0.15, -0.1) is 0 Å². The van der Waals surface area contributed by atoms with Crippen molar-refractivity contribution in [3.8, 4) is 23.0 Å². The van der Waals surface area contributed by atoms with Crippen LogP contribution in [0.5, 0.6) is 23.0 Å². The molecule has 0 amide bonds. The van der Waals surface area contributed by atoms with Gasteiger partial charge in [-0.3, -0.25) is 0 Å². The highest BCUT2D eigenvalue weighted by Crippen LogP contribution is 2.39. The largest absolute Gasteiger partial charge is 0.456 e. The molecule has 13 heteroatoms. The number of carbonyl (C=O) groups is 2. The fourth-order valence-corrected chi connectivity index (χ4v) is 7.83. The van der Waals surface area contributed by atoms with Crippen LogP contribution >= 0.6 is 31.9 Å². The highest BCUT2D eigenvalue weighted by atomic mass is 79.9. The molecule has 0 aliphatic heterocycles. The average Bonchev–Trinajstić information content (AvgIpc) is 3.70. The SMILES string of the molecule is CC(C)(C)OC(=O)c1ccc(Br)cc1Oc1cnc2[nH]ccc2c1.CC(C)(C)OC(=O)c1ccc(Br)cc1Oc1cnc2c(ccn2[Si](C)(C)C(C)(C)C)c1. The molecule has 2 aromatic carbocycles. The number of pyridine rings is 2. The Morgan fingerprint density at radius 3 is 1.65 bits per heavy atom. The topological polar surface area (TPSA) is 118 Å². The maximum atomic E-state index is 12.7. The minimum Gasteiger partial charge on any atom is -0.456 e. The minimum absolute atomic E-state index is 0.189. The minimum atomic E-state index is -1.79. The molecular weight excluding hydrogens is 844 g/mol. The number of rotatable bonds is 7. The van der Waals surface area contributed by atoms with E-state index in [2.05, 4.69) is 92.2 Å². The zero-order chi connectivity index (χ0) is 40.5. The summed E-state index contributed by atoms with van der Waals surface area (Å²) in [6, 6.07) is 18.3. The smallest absolute Gasteiger partial charge is 0.342 e. The van der Waals surface area contributed by atoms with E-state index in [1.165, 1.54) is 0 Å². The number of nitrogens with zero attached hydrogens (tertiary/aromatic N) is 3. The van der Waals surface area contributed by atoms with Crippen molar-refractivity contribution in [3.05, 3.63) is 106 Å². The van der Waals surface area contributed by atoms with Crippen molar-refractivity contribution in [2.24, 2.45) is 0 Å². The van der Waals surface area contributed by atoms with E-state index in [0.29, 0.717) is 34.1 Å². The second-order valence-corrected chi connectivity index (χ2v) is 23.6. The third kappa shape index (κ3) is 10.4. The Kier molecular flexibility index (Phi) is 12.1. The van der Waals surface area contributed by atoms with Crippen LogP contribution in [-0.2, 0) is 9.47 Å². The summed E-state index contributed by atoms with van der Waals surface area (Å²) in [7, 11) is -1.79. The Balaban J connectivity index is 0.000000218. The van der Waals surface area contributed by atoms with Crippen molar-refractivity contribution in [2.45, 2.75) is 91.6 Å². The van der Waals surface area contributed by atoms with Gasteiger partial charge in [0.1, 0.15) is 56.6 Å². The highest BCUT2D eigenvalue weighted by molar-refractivity contribution is 9.10. The number of nitrogens with one attached hydrogen (secondary N) is 1. The molecule has 4 aromatic heterocycles. The third-order valence-corrected chi connectivity index (χ3v) is 15.1. The molecule has 0 atom stereocenters. The van der Waals surface area contributed by atoms with Gasteiger partial charge in [0, 0.05) is 25.9 Å². The molecule has 1 N–H and O–H groups in total. The monoisotopic (exact) mass is 890 g/mol. The second-order valence-electron chi connectivity index (χ2n) is 16.7. The number of aromatic nitrogens is 4. The number of hydrogen-bond acceptors (Lipinski definition) is 8. The number of hydrogen-bond donors (Lipinski definition) is 1. The number of esters is 2. The summed E-state index contributed by atoms with van der Waals surface area (Å²) < 4.78 is 26.9. The quantitative estimate of drug-likeness (QED) is 0.124. The van der Waals surface area contributed by atoms with Gasteiger partial charge in [-0.05, 0) is 113 Å². The molecule has 0 aliphatic rings. The maximum absolute atomic E-state index is 12.7. The first-order valence-electron chi connectivity index (χ1n) is 17.8. The number of halogens is 2.